The van der Waals surface area contributed by atoms with Crippen LogP contribution in [0.15, 0.2) is 24.3 Å². The molecule has 3 nitrogen and oxygen atoms in total. The van der Waals surface area contributed by atoms with Gasteiger partial charge in [0, 0.05) is 24.1 Å². The number of amides is 1. The van der Waals surface area contributed by atoms with E-state index in [0.717, 1.165) is 17.5 Å². The zero-order chi connectivity index (χ0) is 12.9. The first kappa shape index (κ1) is 13.7. The third kappa shape index (κ3) is 3.86. The molecule has 1 amide bonds. The summed E-state index contributed by atoms with van der Waals surface area (Å²) in [6.07, 6.45) is 0.840. The molecule has 17 heavy (non-hydrogen) atoms. The SMILES string of the molecule is CCc1ccccc1C(=O)NCC(C)(C)CO. The summed E-state index contributed by atoms with van der Waals surface area (Å²) in [6, 6.07) is 7.60. The highest BCUT2D eigenvalue weighted by molar-refractivity contribution is 5.95. The third-order valence-electron chi connectivity index (χ3n) is 2.80. The Hall–Kier alpha value is -1.35. The van der Waals surface area contributed by atoms with Gasteiger partial charge in [-0.1, -0.05) is 39.0 Å². The van der Waals surface area contributed by atoms with Gasteiger partial charge in [-0.05, 0) is 18.1 Å². The summed E-state index contributed by atoms with van der Waals surface area (Å²) in [5, 5.41) is 12.0. The third-order valence-corrected chi connectivity index (χ3v) is 2.80. The fraction of sp³-hybridized carbons (Fsp3) is 0.500. The largest absolute Gasteiger partial charge is 0.396 e. The van der Waals surface area contributed by atoms with Crippen LogP contribution in [-0.2, 0) is 6.42 Å². The van der Waals surface area contributed by atoms with Gasteiger partial charge in [-0.2, -0.15) is 0 Å². The van der Waals surface area contributed by atoms with Crippen molar-refractivity contribution in [3.63, 3.8) is 0 Å². The molecule has 0 heterocycles. The van der Waals surface area contributed by atoms with Crippen molar-refractivity contribution >= 4 is 5.91 Å². The van der Waals surface area contributed by atoms with Gasteiger partial charge in [0.2, 0.25) is 0 Å². The van der Waals surface area contributed by atoms with Gasteiger partial charge in [0.1, 0.15) is 0 Å². The topological polar surface area (TPSA) is 49.3 Å². The summed E-state index contributed by atoms with van der Waals surface area (Å²) < 4.78 is 0. The standard InChI is InChI=1S/C14H21NO2/c1-4-11-7-5-6-8-12(11)13(17)15-9-14(2,3)10-16/h5-8,16H,4,9-10H2,1-3H3,(H,15,17). The molecule has 0 bridgehead atoms. The number of carbonyl (C=O) groups is 1. The van der Waals surface area contributed by atoms with Crippen molar-refractivity contribution in [1.29, 1.82) is 0 Å². The Morgan fingerprint density at radius 1 is 1.35 bits per heavy atom. The van der Waals surface area contributed by atoms with Gasteiger partial charge in [-0.25, -0.2) is 0 Å². The van der Waals surface area contributed by atoms with E-state index in [1.165, 1.54) is 0 Å². The van der Waals surface area contributed by atoms with Crippen LogP contribution in [0.25, 0.3) is 0 Å². The Labute approximate surface area is 103 Å². The van der Waals surface area contributed by atoms with E-state index in [2.05, 4.69) is 5.32 Å². The van der Waals surface area contributed by atoms with Crippen molar-refractivity contribution in [2.45, 2.75) is 27.2 Å². The Morgan fingerprint density at radius 3 is 2.59 bits per heavy atom. The molecule has 0 fully saturated rings. The molecule has 2 N–H and O–H groups in total. The van der Waals surface area contributed by atoms with Gasteiger partial charge < -0.3 is 10.4 Å². The van der Waals surface area contributed by atoms with Crippen molar-refractivity contribution in [1.82, 2.24) is 5.32 Å². The van der Waals surface area contributed by atoms with Crippen molar-refractivity contribution in [2.75, 3.05) is 13.2 Å². The van der Waals surface area contributed by atoms with E-state index in [1.807, 2.05) is 45.0 Å². The predicted molar refractivity (Wildman–Crippen MR) is 69.0 cm³/mol. The number of carbonyl (C=O) groups excluding carboxylic acids is 1. The Balaban J connectivity index is 2.70. The van der Waals surface area contributed by atoms with Gasteiger partial charge >= 0.3 is 0 Å². The molecule has 0 saturated carbocycles. The minimum Gasteiger partial charge on any atom is -0.396 e. The molecule has 3 heteroatoms. The second-order valence-corrected chi connectivity index (χ2v) is 5.02. The van der Waals surface area contributed by atoms with Crippen LogP contribution >= 0.6 is 0 Å². The summed E-state index contributed by atoms with van der Waals surface area (Å²) in [5.41, 5.74) is 1.49. The maximum Gasteiger partial charge on any atom is 0.251 e. The van der Waals surface area contributed by atoms with Crippen LogP contribution in [0.4, 0.5) is 0 Å². The second kappa shape index (κ2) is 5.82. The zero-order valence-corrected chi connectivity index (χ0v) is 10.8. The first-order valence-corrected chi connectivity index (χ1v) is 5.97. The lowest BCUT2D eigenvalue weighted by Crippen LogP contribution is -2.36. The molecule has 0 aliphatic heterocycles. The van der Waals surface area contributed by atoms with Gasteiger partial charge in [0.15, 0.2) is 0 Å². The number of nitrogens with one attached hydrogen (secondary N) is 1. The van der Waals surface area contributed by atoms with Gasteiger partial charge in [-0.3, -0.25) is 4.79 Å². The number of aryl methyl sites for hydroxylation is 1. The van der Waals surface area contributed by atoms with E-state index in [9.17, 15) is 4.79 Å². The maximum absolute atomic E-state index is 12.0. The summed E-state index contributed by atoms with van der Waals surface area (Å²) in [5.74, 6) is -0.0658. The minimum atomic E-state index is -0.281. The number of aliphatic hydroxyl groups excluding tert-OH is 1. The Bertz CT molecular complexity index is 386. The van der Waals surface area contributed by atoms with Crippen LogP contribution in [0.1, 0.15) is 36.7 Å². The van der Waals surface area contributed by atoms with E-state index in [1.54, 1.807) is 0 Å². The van der Waals surface area contributed by atoms with E-state index in [-0.39, 0.29) is 17.9 Å². The normalized spacial score (nSPS) is 11.3. The number of hydrogen-bond donors (Lipinski definition) is 2. The molecule has 0 aliphatic carbocycles. The van der Waals surface area contributed by atoms with Crippen LogP contribution in [0, 0.1) is 5.41 Å². The first-order valence-electron chi connectivity index (χ1n) is 5.97. The van der Waals surface area contributed by atoms with E-state index in [4.69, 9.17) is 5.11 Å². The lowest BCUT2D eigenvalue weighted by molar-refractivity contribution is 0.0910. The quantitative estimate of drug-likeness (QED) is 0.820. The molecular formula is C14H21NO2. The van der Waals surface area contributed by atoms with Gasteiger partial charge in [0.25, 0.3) is 5.91 Å². The summed E-state index contributed by atoms with van der Waals surface area (Å²) in [6.45, 7) is 6.39. The van der Waals surface area contributed by atoms with Crippen molar-refractivity contribution in [3.8, 4) is 0 Å². The van der Waals surface area contributed by atoms with E-state index < -0.39 is 0 Å². The highest BCUT2D eigenvalue weighted by Crippen LogP contribution is 2.13. The highest BCUT2D eigenvalue weighted by Gasteiger charge is 2.18. The predicted octanol–water partition coefficient (Wildman–Crippen LogP) is 2.00. The molecule has 0 radical (unpaired) electrons. The number of hydrogen-bond acceptors (Lipinski definition) is 2. The summed E-state index contributed by atoms with van der Waals surface area (Å²) >= 11 is 0. The Kier molecular flexibility index (Phi) is 4.70. The highest BCUT2D eigenvalue weighted by atomic mass is 16.3. The van der Waals surface area contributed by atoms with E-state index in [0.29, 0.717) is 6.54 Å². The van der Waals surface area contributed by atoms with Crippen LogP contribution in [0.5, 0.6) is 0 Å². The summed E-state index contributed by atoms with van der Waals surface area (Å²) in [4.78, 5) is 12.0. The molecule has 0 atom stereocenters. The molecule has 0 aromatic heterocycles. The number of benzene rings is 1. The lowest BCUT2D eigenvalue weighted by atomic mass is 9.94. The first-order chi connectivity index (χ1) is 8.00. The fourth-order valence-electron chi connectivity index (χ4n) is 1.52. The van der Waals surface area contributed by atoms with Crippen molar-refractivity contribution in [2.24, 2.45) is 5.41 Å². The van der Waals surface area contributed by atoms with Crippen molar-refractivity contribution < 1.29 is 9.90 Å². The smallest absolute Gasteiger partial charge is 0.251 e. The molecule has 94 valence electrons. The monoisotopic (exact) mass is 235 g/mol. The van der Waals surface area contributed by atoms with E-state index >= 15 is 0 Å². The summed E-state index contributed by atoms with van der Waals surface area (Å²) in [7, 11) is 0. The number of rotatable bonds is 5. The van der Waals surface area contributed by atoms with Crippen LogP contribution < -0.4 is 5.32 Å². The molecule has 0 saturated heterocycles. The maximum atomic E-state index is 12.0. The molecule has 0 spiro atoms. The number of aliphatic hydroxyl groups is 1. The Morgan fingerprint density at radius 2 is 2.00 bits per heavy atom. The zero-order valence-electron chi connectivity index (χ0n) is 10.8. The molecule has 1 rings (SSSR count). The molecule has 1 aromatic rings. The average Bonchev–Trinajstić information content (AvgIpc) is 2.36. The average molecular weight is 235 g/mol. The molecular weight excluding hydrogens is 214 g/mol. The molecule has 0 aliphatic rings. The van der Waals surface area contributed by atoms with Crippen LogP contribution in [0.3, 0.4) is 0 Å². The van der Waals surface area contributed by atoms with Gasteiger partial charge in [-0.15, -0.1) is 0 Å². The van der Waals surface area contributed by atoms with Gasteiger partial charge in [0.05, 0.1) is 0 Å². The molecule has 1 aromatic carbocycles. The van der Waals surface area contributed by atoms with Crippen LogP contribution in [0.2, 0.25) is 0 Å². The minimum absolute atomic E-state index is 0.0582. The van der Waals surface area contributed by atoms with Crippen molar-refractivity contribution in [3.05, 3.63) is 35.4 Å². The lowest BCUT2D eigenvalue weighted by Gasteiger charge is -2.22. The fourth-order valence-corrected chi connectivity index (χ4v) is 1.52. The molecule has 0 unspecified atom stereocenters. The second-order valence-electron chi connectivity index (χ2n) is 5.02. The van der Waals surface area contributed by atoms with Crippen LogP contribution in [-0.4, -0.2) is 24.2 Å².